The molecule has 5 heteroatoms. The second kappa shape index (κ2) is 9.30. The van der Waals surface area contributed by atoms with Crippen LogP contribution in [0.25, 0.3) is 0 Å². The van der Waals surface area contributed by atoms with E-state index in [-0.39, 0.29) is 13.0 Å². The van der Waals surface area contributed by atoms with Gasteiger partial charge in [0.1, 0.15) is 12.7 Å². The van der Waals surface area contributed by atoms with Crippen molar-refractivity contribution in [3.8, 4) is 0 Å². The molecule has 0 spiro atoms. The molecular formula is C11H20O5. The molecule has 0 aliphatic rings. The third kappa shape index (κ3) is 7.36. The first kappa shape index (κ1) is 15.1. The lowest BCUT2D eigenvalue weighted by atomic mass is 10.1. The van der Waals surface area contributed by atoms with Crippen molar-refractivity contribution < 1.29 is 24.5 Å². The van der Waals surface area contributed by atoms with Crippen LogP contribution in [-0.2, 0) is 14.3 Å². The number of Topliss-reactive ketones (excluding diaryl/α,β-unsaturated/α-hetero) is 1. The van der Waals surface area contributed by atoms with Crippen LogP contribution < -0.4 is 0 Å². The number of aliphatic hydroxyl groups excluding tert-OH is 2. The lowest BCUT2D eigenvalue weighted by molar-refractivity contribution is -0.156. The van der Waals surface area contributed by atoms with E-state index in [2.05, 4.69) is 11.7 Å². The number of ether oxygens (including phenoxy) is 1. The Bertz CT molecular complexity index is 214. The zero-order chi connectivity index (χ0) is 12.4. The maximum absolute atomic E-state index is 11.2. The minimum atomic E-state index is -1.11. The molecule has 0 saturated heterocycles. The molecule has 0 aliphatic heterocycles. The number of hydrogen-bond donors (Lipinski definition) is 2. The minimum absolute atomic E-state index is 0.189. The van der Waals surface area contributed by atoms with Gasteiger partial charge >= 0.3 is 5.97 Å². The third-order valence-corrected chi connectivity index (χ3v) is 2.10. The molecule has 0 bridgehead atoms. The molecule has 0 rings (SSSR count). The second-order valence-electron chi connectivity index (χ2n) is 3.67. The second-order valence-corrected chi connectivity index (χ2v) is 3.67. The van der Waals surface area contributed by atoms with Crippen LogP contribution in [0.4, 0.5) is 0 Å². The summed E-state index contributed by atoms with van der Waals surface area (Å²) in [4.78, 5) is 22.3. The zero-order valence-corrected chi connectivity index (χ0v) is 9.65. The Kier molecular flexibility index (Phi) is 8.75. The van der Waals surface area contributed by atoms with Crippen molar-refractivity contribution in [1.29, 1.82) is 0 Å². The van der Waals surface area contributed by atoms with Gasteiger partial charge in [-0.1, -0.05) is 26.2 Å². The SMILES string of the molecule is CCCCCCC(=O)C(=O)OCC(O)CO. The van der Waals surface area contributed by atoms with E-state index in [9.17, 15) is 9.59 Å². The van der Waals surface area contributed by atoms with E-state index in [1.165, 1.54) is 0 Å². The van der Waals surface area contributed by atoms with Crippen LogP contribution >= 0.6 is 0 Å². The van der Waals surface area contributed by atoms with Crippen molar-refractivity contribution >= 4 is 11.8 Å². The van der Waals surface area contributed by atoms with E-state index in [4.69, 9.17) is 10.2 Å². The van der Waals surface area contributed by atoms with E-state index >= 15 is 0 Å². The first-order chi connectivity index (χ1) is 7.61. The van der Waals surface area contributed by atoms with Gasteiger partial charge in [0.15, 0.2) is 0 Å². The van der Waals surface area contributed by atoms with Crippen molar-refractivity contribution in [2.24, 2.45) is 0 Å². The molecule has 0 radical (unpaired) electrons. The van der Waals surface area contributed by atoms with Crippen molar-refractivity contribution in [2.75, 3.05) is 13.2 Å². The van der Waals surface area contributed by atoms with Gasteiger partial charge in [0, 0.05) is 6.42 Å². The van der Waals surface area contributed by atoms with Gasteiger partial charge in [0.2, 0.25) is 5.78 Å². The Balaban J connectivity index is 3.61. The molecule has 1 unspecified atom stereocenters. The molecular weight excluding hydrogens is 212 g/mol. The van der Waals surface area contributed by atoms with Crippen LogP contribution in [-0.4, -0.2) is 41.3 Å². The Morgan fingerprint density at radius 3 is 2.50 bits per heavy atom. The van der Waals surface area contributed by atoms with E-state index < -0.39 is 24.5 Å². The van der Waals surface area contributed by atoms with Gasteiger partial charge in [-0.25, -0.2) is 4.79 Å². The third-order valence-electron chi connectivity index (χ3n) is 2.10. The molecule has 0 heterocycles. The Hall–Kier alpha value is -0.940. The van der Waals surface area contributed by atoms with Gasteiger partial charge in [0.25, 0.3) is 0 Å². The summed E-state index contributed by atoms with van der Waals surface area (Å²) < 4.78 is 4.52. The van der Waals surface area contributed by atoms with Crippen molar-refractivity contribution in [3.05, 3.63) is 0 Å². The maximum Gasteiger partial charge on any atom is 0.374 e. The molecule has 0 saturated carbocycles. The van der Waals surface area contributed by atoms with E-state index in [0.717, 1.165) is 19.3 Å². The number of carbonyl (C=O) groups excluding carboxylic acids is 2. The van der Waals surface area contributed by atoms with Crippen LogP contribution in [0.1, 0.15) is 39.0 Å². The number of aliphatic hydroxyl groups is 2. The highest BCUT2D eigenvalue weighted by Gasteiger charge is 2.16. The van der Waals surface area contributed by atoms with Gasteiger partial charge in [0.05, 0.1) is 6.61 Å². The Morgan fingerprint density at radius 2 is 1.94 bits per heavy atom. The zero-order valence-electron chi connectivity index (χ0n) is 9.65. The highest BCUT2D eigenvalue weighted by atomic mass is 16.5. The van der Waals surface area contributed by atoms with E-state index in [1.807, 2.05) is 0 Å². The molecule has 1 atom stereocenters. The molecule has 16 heavy (non-hydrogen) atoms. The van der Waals surface area contributed by atoms with Crippen molar-refractivity contribution in [1.82, 2.24) is 0 Å². The molecule has 0 aromatic carbocycles. The fraction of sp³-hybridized carbons (Fsp3) is 0.818. The predicted octanol–water partition coefficient (Wildman–Crippen LogP) is 0.422. The predicted molar refractivity (Wildman–Crippen MR) is 57.8 cm³/mol. The quantitative estimate of drug-likeness (QED) is 0.342. The fourth-order valence-electron chi connectivity index (χ4n) is 1.12. The fourth-order valence-corrected chi connectivity index (χ4v) is 1.12. The first-order valence-electron chi connectivity index (χ1n) is 5.60. The van der Waals surface area contributed by atoms with Crippen LogP contribution in [0.2, 0.25) is 0 Å². The molecule has 0 fully saturated rings. The Labute approximate surface area is 95.4 Å². The van der Waals surface area contributed by atoms with Gasteiger partial charge in [-0.3, -0.25) is 4.79 Å². The topological polar surface area (TPSA) is 83.8 Å². The number of unbranched alkanes of at least 4 members (excludes halogenated alkanes) is 3. The molecule has 0 amide bonds. The maximum atomic E-state index is 11.2. The lowest BCUT2D eigenvalue weighted by Crippen LogP contribution is -2.25. The standard InChI is InChI=1S/C11H20O5/c1-2-3-4-5-6-10(14)11(15)16-8-9(13)7-12/h9,12-13H,2-8H2,1H3. The van der Waals surface area contributed by atoms with Crippen LogP contribution in [0.15, 0.2) is 0 Å². The smallest absolute Gasteiger partial charge is 0.374 e. The molecule has 94 valence electrons. The molecule has 0 aromatic heterocycles. The van der Waals surface area contributed by atoms with Gasteiger partial charge in [-0.15, -0.1) is 0 Å². The summed E-state index contributed by atoms with van der Waals surface area (Å²) >= 11 is 0. The number of ketones is 1. The van der Waals surface area contributed by atoms with Crippen LogP contribution in [0, 0.1) is 0 Å². The molecule has 0 aromatic rings. The average molecular weight is 232 g/mol. The Morgan fingerprint density at radius 1 is 1.25 bits per heavy atom. The van der Waals surface area contributed by atoms with Crippen molar-refractivity contribution in [2.45, 2.75) is 45.1 Å². The minimum Gasteiger partial charge on any atom is -0.457 e. The summed E-state index contributed by atoms with van der Waals surface area (Å²) in [6.45, 7) is 1.24. The monoisotopic (exact) mass is 232 g/mol. The molecule has 5 nitrogen and oxygen atoms in total. The van der Waals surface area contributed by atoms with Gasteiger partial charge in [-0.2, -0.15) is 0 Å². The first-order valence-corrected chi connectivity index (χ1v) is 5.60. The number of carbonyl (C=O) groups is 2. The van der Waals surface area contributed by atoms with Crippen LogP contribution in [0.5, 0.6) is 0 Å². The number of esters is 1. The molecule has 0 aliphatic carbocycles. The summed E-state index contributed by atoms with van der Waals surface area (Å²) in [6, 6.07) is 0. The normalized spacial score (nSPS) is 12.2. The van der Waals surface area contributed by atoms with Gasteiger partial charge < -0.3 is 14.9 Å². The van der Waals surface area contributed by atoms with Crippen LogP contribution in [0.3, 0.4) is 0 Å². The highest BCUT2D eigenvalue weighted by Crippen LogP contribution is 2.03. The summed E-state index contributed by atoms with van der Waals surface area (Å²) in [5, 5.41) is 17.4. The molecule has 2 N–H and O–H groups in total. The van der Waals surface area contributed by atoms with E-state index in [1.54, 1.807) is 0 Å². The van der Waals surface area contributed by atoms with Gasteiger partial charge in [-0.05, 0) is 6.42 Å². The van der Waals surface area contributed by atoms with E-state index in [0.29, 0.717) is 6.42 Å². The number of rotatable bonds is 9. The highest BCUT2D eigenvalue weighted by molar-refractivity contribution is 6.33. The lowest BCUT2D eigenvalue weighted by Gasteiger charge is -2.07. The summed E-state index contributed by atoms with van der Waals surface area (Å²) in [7, 11) is 0. The average Bonchev–Trinajstić information content (AvgIpc) is 2.30. The summed E-state index contributed by atoms with van der Waals surface area (Å²) in [5.74, 6) is -1.50. The summed E-state index contributed by atoms with van der Waals surface area (Å²) in [5.41, 5.74) is 0. The largest absolute Gasteiger partial charge is 0.457 e. The number of hydrogen-bond acceptors (Lipinski definition) is 5. The summed E-state index contributed by atoms with van der Waals surface area (Å²) in [6.07, 6.45) is 2.80. The van der Waals surface area contributed by atoms with Crippen molar-refractivity contribution in [3.63, 3.8) is 0 Å².